The van der Waals surface area contributed by atoms with Crippen LogP contribution in [0.1, 0.15) is 37.7 Å². The molecule has 3 nitrogen and oxygen atoms in total. The third-order valence-corrected chi connectivity index (χ3v) is 5.98. The summed E-state index contributed by atoms with van der Waals surface area (Å²) in [5.41, 5.74) is 0.614. The second-order valence-electron chi connectivity index (χ2n) is 6.37. The number of piperidine rings is 1. The van der Waals surface area contributed by atoms with Crippen molar-refractivity contribution in [3.8, 4) is 5.75 Å². The van der Waals surface area contributed by atoms with Gasteiger partial charge in [0.1, 0.15) is 10.1 Å². The maximum Gasteiger partial charge on any atom is 0.231 e. The molecule has 21 heavy (non-hydrogen) atoms. The van der Waals surface area contributed by atoms with Gasteiger partial charge >= 0.3 is 0 Å². The van der Waals surface area contributed by atoms with Crippen LogP contribution in [-0.4, -0.2) is 33.3 Å². The van der Waals surface area contributed by atoms with E-state index in [1.165, 1.54) is 5.56 Å². The van der Waals surface area contributed by atoms with Crippen molar-refractivity contribution in [2.24, 2.45) is 5.41 Å². The summed E-state index contributed by atoms with van der Waals surface area (Å²) in [6.45, 7) is 3.33. The summed E-state index contributed by atoms with van der Waals surface area (Å²) < 4.78 is -0.891. The van der Waals surface area contributed by atoms with Crippen LogP contribution in [0.3, 0.4) is 0 Å². The number of hydrogen-bond acceptors (Lipinski definition) is 2. The molecule has 1 aliphatic carbocycles. The number of carbonyl (C=O) groups is 1. The maximum absolute atomic E-state index is 12.5. The van der Waals surface area contributed by atoms with Crippen LogP contribution in [-0.2, 0) is 4.79 Å². The molecule has 1 N–H and O–H groups in total. The fourth-order valence-electron chi connectivity index (χ4n) is 3.14. The molecule has 5 heteroatoms. The van der Waals surface area contributed by atoms with Crippen LogP contribution in [0.2, 0.25) is 0 Å². The third-order valence-electron chi connectivity index (χ3n) is 4.88. The van der Waals surface area contributed by atoms with E-state index in [1.54, 1.807) is 12.1 Å². The van der Waals surface area contributed by atoms with Crippen LogP contribution in [0.15, 0.2) is 24.3 Å². The standard InChI is InChI=1S/C16H19Cl2NO2/c1-15(10-16(15,17)18)14(21)19-8-6-12(7-9-19)11-2-4-13(20)5-3-11/h2-5,12,20H,6-10H2,1H3/t15-/m0/s1. The molecule has 0 spiro atoms. The van der Waals surface area contributed by atoms with E-state index in [1.807, 2.05) is 24.0 Å². The lowest BCUT2D eigenvalue weighted by Gasteiger charge is -2.34. The molecule has 1 atom stereocenters. The zero-order valence-corrected chi connectivity index (χ0v) is 13.5. The molecule has 0 radical (unpaired) electrons. The first-order chi connectivity index (χ1) is 9.83. The Morgan fingerprint density at radius 3 is 2.24 bits per heavy atom. The SMILES string of the molecule is C[C@@]1(C(=O)N2CCC(c3ccc(O)cc3)CC2)CC1(Cl)Cl. The number of likely N-dealkylation sites (tertiary alicyclic amines) is 1. The fraction of sp³-hybridized carbons (Fsp3) is 0.562. The monoisotopic (exact) mass is 327 g/mol. The molecule has 2 fully saturated rings. The van der Waals surface area contributed by atoms with Crippen LogP contribution in [0.5, 0.6) is 5.75 Å². The molecule has 1 aromatic rings. The minimum atomic E-state index is -0.891. The zero-order chi connectivity index (χ0) is 15.3. The Kier molecular flexibility index (Phi) is 3.61. The van der Waals surface area contributed by atoms with Crippen molar-refractivity contribution >= 4 is 29.1 Å². The van der Waals surface area contributed by atoms with Crippen LogP contribution < -0.4 is 0 Å². The van der Waals surface area contributed by atoms with E-state index in [0.29, 0.717) is 12.3 Å². The average molecular weight is 328 g/mol. The number of rotatable bonds is 2. The minimum absolute atomic E-state index is 0.0802. The van der Waals surface area contributed by atoms with Gasteiger partial charge in [-0.2, -0.15) is 0 Å². The first-order valence-electron chi connectivity index (χ1n) is 7.30. The van der Waals surface area contributed by atoms with Gasteiger partial charge < -0.3 is 10.0 Å². The third kappa shape index (κ3) is 2.62. The number of halogens is 2. The fourth-order valence-corrected chi connectivity index (χ4v) is 3.84. The van der Waals surface area contributed by atoms with E-state index in [9.17, 15) is 9.90 Å². The average Bonchev–Trinajstić information content (AvgIpc) is 2.99. The van der Waals surface area contributed by atoms with Gasteiger partial charge in [0.05, 0.1) is 5.41 Å². The number of phenolic OH excluding ortho intramolecular Hbond substituents is 1. The molecule has 0 unspecified atom stereocenters. The molecule has 2 aliphatic rings. The Labute approximate surface area is 134 Å². The zero-order valence-electron chi connectivity index (χ0n) is 12.0. The lowest BCUT2D eigenvalue weighted by molar-refractivity contribution is -0.137. The van der Waals surface area contributed by atoms with E-state index >= 15 is 0 Å². The first kappa shape index (κ1) is 15.0. The lowest BCUT2D eigenvalue weighted by atomic mass is 9.89. The molecular weight excluding hydrogens is 309 g/mol. The minimum Gasteiger partial charge on any atom is -0.508 e. The molecule has 1 aromatic carbocycles. The van der Waals surface area contributed by atoms with E-state index in [2.05, 4.69) is 0 Å². The summed E-state index contributed by atoms with van der Waals surface area (Å²) >= 11 is 12.2. The molecule has 0 bridgehead atoms. The maximum atomic E-state index is 12.5. The highest BCUT2D eigenvalue weighted by atomic mass is 35.5. The van der Waals surface area contributed by atoms with Gasteiger partial charge in [-0.05, 0) is 49.8 Å². The van der Waals surface area contributed by atoms with Crippen molar-refractivity contribution in [1.82, 2.24) is 4.90 Å². The van der Waals surface area contributed by atoms with Gasteiger partial charge in [0.2, 0.25) is 5.91 Å². The molecule has 1 saturated heterocycles. The Bertz CT molecular complexity index is 550. The van der Waals surface area contributed by atoms with Crippen molar-refractivity contribution in [3.63, 3.8) is 0 Å². The molecule has 1 amide bonds. The number of alkyl halides is 2. The number of carbonyl (C=O) groups excluding carboxylic acids is 1. The molecular formula is C16H19Cl2NO2. The number of aromatic hydroxyl groups is 1. The summed E-state index contributed by atoms with van der Waals surface area (Å²) in [7, 11) is 0. The molecule has 1 aliphatic heterocycles. The van der Waals surface area contributed by atoms with Gasteiger partial charge in [0, 0.05) is 13.1 Å². The topological polar surface area (TPSA) is 40.5 Å². The highest BCUT2D eigenvalue weighted by Gasteiger charge is 2.68. The molecule has 114 valence electrons. The summed E-state index contributed by atoms with van der Waals surface area (Å²) in [6, 6.07) is 7.35. The van der Waals surface area contributed by atoms with Crippen molar-refractivity contribution in [3.05, 3.63) is 29.8 Å². The number of nitrogens with zero attached hydrogens (tertiary/aromatic N) is 1. The Morgan fingerprint density at radius 2 is 1.76 bits per heavy atom. The Hall–Kier alpha value is -0.930. The largest absolute Gasteiger partial charge is 0.508 e. The smallest absolute Gasteiger partial charge is 0.231 e. The lowest BCUT2D eigenvalue weighted by Crippen LogP contribution is -2.42. The number of phenols is 1. The van der Waals surface area contributed by atoms with Gasteiger partial charge in [-0.1, -0.05) is 12.1 Å². The van der Waals surface area contributed by atoms with Crippen LogP contribution in [0.25, 0.3) is 0 Å². The summed E-state index contributed by atoms with van der Waals surface area (Å²) in [5.74, 6) is 0.809. The number of amides is 1. The molecule has 3 rings (SSSR count). The van der Waals surface area contributed by atoms with Gasteiger partial charge in [-0.15, -0.1) is 23.2 Å². The predicted molar refractivity (Wildman–Crippen MR) is 83.8 cm³/mol. The van der Waals surface area contributed by atoms with Crippen LogP contribution >= 0.6 is 23.2 Å². The second-order valence-corrected chi connectivity index (χ2v) is 7.86. The normalized spacial score (nSPS) is 28.4. The summed E-state index contributed by atoms with van der Waals surface area (Å²) in [6.07, 6.45) is 2.41. The van der Waals surface area contributed by atoms with Gasteiger partial charge in [0.15, 0.2) is 0 Å². The van der Waals surface area contributed by atoms with Crippen LogP contribution in [0.4, 0.5) is 0 Å². The van der Waals surface area contributed by atoms with Gasteiger partial charge in [-0.3, -0.25) is 4.79 Å². The van der Waals surface area contributed by atoms with Crippen LogP contribution in [0, 0.1) is 5.41 Å². The Morgan fingerprint density at radius 1 is 1.24 bits per heavy atom. The first-order valence-corrected chi connectivity index (χ1v) is 8.05. The van der Waals surface area contributed by atoms with Crippen molar-refractivity contribution in [2.45, 2.75) is 36.4 Å². The van der Waals surface area contributed by atoms with Gasteiger partial charge in [0.25, 0.3) is 0 Å². The number of benzene rings is 1. The van der Waals surface area contributed by atoms with Gasteiger partial charge in [-0.25, -0.2) is 0 Å². The second kappa shape index (κ2) is 5.06. The van der Waals surface area contributed by atoms with E-state index in [-0.39, 0.29) is 11.7 Å². The molecule has 1 heterocycles. The van der Waals surface area contributed by atoms with Crippen molar-refractivity contribution in [2.75, 3.05) is 13.1 Å². The molecule has 0 aromatic heterocycles. The van der Waals surface area contributed by atoms with E-state index in [0.717, 1.165) is 25.9 Å². The van der Waals surface area contributed by atoms with E-state index < -0.39 is 9.75 Å². The Balaban J connectivity index is 1.61. The summed E-state index contributed by atoms with van der Waals surface area (Å²) in [5, 5.41) is 9.34. The van der Waals surface area contributed by atoms with Crippen molar-refractivity contribution in [1.29, 1.82) is 0 Å². The predicted octanol–water partition coefficient (Wildman–Crippen LogP) is 3.68. The quantitative estimate of drug-likeness (QED) is 0.842. The highest BCUT2D eigenvalue weighted by Crippen LogP contribution is 2.64. The molecule has 1 saturated carbocycles. The highest BCUT2D eigenvalue weighted by molar-refractivity contribution is 6.53. The van der Waals surface area contributed by atoms with E-state index in [4.69, 9.17) is 23.2 Å². The number of hydrogen-bond donors (Lipinski definition) is 1. The summed E-state index contributed by atoms with van der Waals surface area (Å²) in [4.78, 5) is 14.4. The van der Waals surface area contributed by atoms with Crippen molar-refractivity contribution < 1.29 is 9.90 Å².